The Morgan fingerprint density at radius 1 is 1.00 bits per heavy atom. The number of benzene rings is 2. The molecular weight excluding hydrogens is 330 g/mol. The van der Waals surface area contributed by atoms with Crippen LogP contribution in [0.25, 0.3) is 10.9 Å². The maximum Gasteiger partial charge on any atom is 0.422 e. The molecule has 5 heteroatoms. The largest absolute Gasteiger partial charge is 0.493 e. The summed E-state index contributed by atoms with van der Waals surface area (Å²) in [6.07, 6.45) is 1.55. The summed E-state index contributed by atoms with van der Waals surface area (Å²) in [7, 11) is 0. The molecule has 5 nitrogen and oxygen atoms in total. The number of aryl methyl sites for hydroxylation is 4. The van der Waals surface area contributed by atoms with E-state index in [0.717, 1.165) is 35.3 Å². The lowest BCUT2D eigenvalue weighted by molar-refractivity contribution is 0.297. The molecule has 0 amide bonds. The molecule has 136 valence electrons. The number of ether oxygens (including phenoxy) is 1. The van der Waals surface area contributed by atoms with Gasteiger partial charge in [0.2, 0.25) is 0 Å². The molecule has 0 spiro atoms. The van der Waals surface area contributed by atoms with Crippen LogP contribution in [0.15, 0.2) is 50.4 Å². The van der Waals surface area contributed by atoms with E-state index in [1.165, 1.54) is 4.57 Å². The zero-order chi connectivity index (χ0) is 18.7. The van der Waals surface area contributed by atoms with Gasteiger partial charge in [0, 0.05) is 6.54 Å². The van der Waals surface area contributed by atoms with Gasteiger partial charge in [-0.05, 0) is 56.9 Å². The van der Waals surface area contributed by atoms with Crippen molar-refractivity contribution in [3.05, 3.63) is 74.1 Å². The number of hydrogen-bond donors (Lipinski definition) is 0. The van der Waals surface area contributed by atoms with Gasteiger partial charge in [0.05, 0.1) is 17.5 Å². The normalized spacial score (nSPS) is 11.0. The number of fused-ring (bicyclic) bond motifs is 1. The molecule has 0 radical (unpaired) electrons. The summed E-state index contributed by atoms with van der Waals surface area (Å²) in [5, 5.41) is 0.441. The van der Waals surface area contributed by atoms with Gasteiger partial charge in [0.25, 0.3) is 0 Å². The van der Waals surface area contributed by atoms with Crippen LogP contribution in [-0.2, 0) is 6.54 Å². The Labute approximate surface area is 151 Å². The number of aromatic nitrogens is 1. The van der Waals surface area contributed by atoms with Crippen molar-refractivity contribution in [1.82, 2.24) is 4.57 Å². The van der Waals surface area contributed by atoms with E-state index < -0.39 is 11.4 Å². The zero-order valence-corrected chi connectivity index (χ0v) is 15.4. The summed E-state index contributed by atoms with van der Waals surface area (Å²) in [5.41, 5.74) is 3.23. The predicted molar refractivity (Wildman–Crippen MR) is 102 cm³/mol. The molecule has 0 aliphatic heterocycles. The van der Waals surface area contributed by atoms with Crippen LogP contribution < -0.4 is 16.1 Å². The molecule has 0 saturated heterocycles. The molecule has 0 aliphatic rings. The van der Waals surface area contributed by atoms with Crippen LogP contribution in [0, 0.1) is 20.8 Å². The number of unbranched alkanes of at least 4 members (excludes halogenated alkanes) is 1. The minimum atomic E-state index is -0.609. The SMILES string of the molecule is Cc1ccc2c(c1)c(=O)oc(=O)n2CCCCOc1c(C)cccc1C. The van der Waals surface area contributed by atoms with Gasteiger partial charge < -0.3 is 9.15 Å². The maximum atomic E-state index is 12.1. The second-order valence-electron chi connectivity index (χ2n) is 6.60. The van der Waals surface area contributed by atoms with E-state index in [1.807, 2.05) is 45.0 Å². The van der Waals surface area contributed by atoms with E-state index in [-0.39, 0.29) is 0 Å². The molecule has 3 aromatic rings. The van der Waals surface area contributed by atoms with Gasteiger partial charge >= 0.3 is 11.4 Å². The first-order chi connectivity index (χ1) is 12.5. The smallest absolute Gasteiger partial charge is 0.422 e. The number of rotatable bonds is 6. The lowest BCUT2D eigenvalue weighted by Gasteiger charge is -2.12. The second-order valence-corrected chi connectivity index (χ2v) is 6.60. The molecule has 1 heterocycles. The summed E-state index contributed by atoms with van der Waals surface area (Å²) in [6, 6.07) is 11.5. The number of hydrogen-bond acceptors (Lipinski definition) is 4. The summed E-state index contributed by atoms with van der Waals surface area (Å²) in [4.78, 5) is 24.0. The lowest BCUT2D eigenvalue weighted by Crippen LogP contribution is -2.25. The molecule has 0 bridgehead atoms. The van der Waals surface area contributed by atoms with Gasteiger partial charge in [-0.15, -0.1) is 0 Å². The quantitative estimate of drug-likeness (QED) is 0.634. The lowest BCUT2D eigenvalue weighted by atomic mass is 10.1. The van der Waals surface area contributed by atoms with Crippen molar-refractivity contribution in [2.45, 2.75) is 40.2 Å². The van der Waals surface area contributed by atoms with Crippen molar-refractivity contribution < 1.29 is 9.15 Å². The number of para-hydroxylation sites is 1. The van der Waals surface area contributed by atoms with Crippen molar-refractivity contribution in [1.29, 1.82) is 0 Å². The molecule has 0 atom stereocenters. The fourth-order valence-corrected chi connectivity index (χ4v) is 3.12. The minimum absolute atomic E-state index is 0.441. The summed E-state index contributed by atoms with van der Waals surface area (Å²) >= 11 is 0. The molecule has 1 aromatic heterocycles. The van der Waals surface area contributed by atoms with Gasteiger partial charge in [-0.3, -0.25) is 4.57 Å². The average molecular weight is 353 g/mol. The maximum absolute atomic E-state index is 12.1. The Bertz CT molecular complexity index is 1030. The molecule has 2 aromatic carbocycles. The fourth-order valence-electron chi connectivity index (χ4n) is 3.12. The van der Waals surface area contributed by atoms with Gasteiger partial charge in [0.1, 0.15) is 5.75 Å². The van der Waals surface area contributed by atoms with Crippen molar-refractivity contribution in [3.8, 4) is 5.75 Å². The van der Waals surface area contributed by atoms with Crippen LogP contribution in [-0.4, -0.2) is 11.2 Å². The highest BCUT2D eigenvalue weighted by atomic mass is 16.5. The highest BCUT2D eigenvalue weighted by molar-refractivity contribution is 5.78. The monoisotopic (exact) mass is 353 g/mol. The summed E-state index contributed by atoms with van der Waals surface area (Å²) in [5.74, 6) is 0.318. The fraction of sp³-hybridized carbons (Fsp3) is 0.333. The van der Waals surface area contributed by atoms with E-state index in [1.54, 1.807) is 12.1 Å². The molecule has 0 unspecified atom stereocenters. The molecule has 0 aliphatic carbocycles. The van der Waals surface area contributed by atoms with Gasteiger partial charge in [-0.1, -0.05) is 29.8 Å². The van der Waals surface area contributed by atoms with E-state index in [0.29, 0.717) is 24.1 Å². The van der Waals surface area contributed by atoms with Crippen LogP contribution in [0.2, 0.25) is 0 Å². The average Bonchev–Trinajstić information content (AvgIpc) is 2.59. The van der Waals surface area contributed by atoms with Crippen molar-refractivity contribution in [3.63, 3.8) is 0 Å². The molecule has 0 fully saturated rings. The topological polar surface area (TPSA) is 61.4 Å². The summed E-state index contributed by atoms with van der Waals surface area (Å²) < 4.78 is 12.3. The van der Waals surface area contributed by atoms with Crippen molar-refractivity contribution in [2.75, 3.05) is 6.61 Å². The van der Waals surface area contributed by atoms with Crippen LogP contribution >= 0.6 is 0 Å². The highest BCUT2D eigenvalue weighted by Crippen LogP contribution is 2.22. The van der Waals surface area contributed by atoms with Crippen molar-refractivity contribution >= 4 is 10.9 Å². The van der Waals surface area contributed by atoms with E-state index in [2.05, 4.69) is 0 Å². The Morgan fingerprint density at radius 3 is 2.46 bits per heavy atom. The first-order valence-corrected chi connectivity index (χ1v) is 8.80. The van der Waals surface area contributed by atoms with Crippen LogP contribution in [0.4, 0.5) is 0 Å². The third-order valence-corrected chi connectivity index (χ3v) is 4.49. The van der Waals surface area contributed by atoms with Crippen LogP contribution in [0.5, 0.6) is 5.75 Å². The first-order valence-electron chi connectivity index (χ1n) is 8.80. The Morgan fingerprint density at radius 2 is 1.73 bits per heavy atom. The molecule has 0 N–H and O–H groups in total. The third-order valence-electron chi connectivity index (χ3n) is 4.49. The summed E-state index contributed by atoms with van der Waals surface area (Å²) in [6.45, 7) is 7.02. The van der Waals surface area contributed by atoms with Gasteiger partial charge in [0.15, 0.2) is 0 Å². The second kappa shape index (κ2) is 7.60. The van der Waals surface area contributed by atoms with Gasteiger partial charge in [-0.2, -0.15) is 0 Å². The van der Waals surface area contributed by atoms with Crippen LogP contribution in [0.3, 0.4) is 0 Å². The van der Waals surface area contributed by atoms with Crippen LogP contribution in [0.1, 0.15) is 29.5 Å². The van der Waals surface area contributed by atoms with Crippen molar-refractivity contribution in [2.24, 2.45) is 0 Å². The van der Waals surface area contributed by atoms with E-state index in [4.69, 9.17) is 9.15 Å². The predicted octanol–water partition coefficient (Wildman–Crippen LogP) is 3.74. The standard InChI is InChI=1S/C21H23NO4/c1-14-9-10-18-17(13-14)20(23)26-21(24)22(18)11-4-5-12-25-19-15(2)7-6-8-16(19)3/h6-10,13H,4-5,11-12H2,1-3H3. The number of nitrogens with zero attached hydrogens (tertiary/aromatic N) is 1. The van der Waals surface area contributed by atoms with Gasteiger partial charge in [-0.25, -0.2) is 9.59 Å². The Hall–Kier alpha value is -2.82. The zero-order valence-electron chi connectivity index (χ0n) is 15.4. The Kier molecular flexibility index (Phi) is 5.26. The first kappa shape index (κ1) is 18.0. The highest BCUT2D eigenvalue weighted by Gasteiger charge is 2.09. The molecule has 0 saturated carbocycles. The molecular formula is C21H23NO4. The van der Waals surface area contributed by atoms with E-state index >= 15 is 0 Å². The Balaban J connectivity index is 1.67. The third kappa shape index (κ3) is 3.72. The van der Waals surface area contributed by atoms with E-state index in [9.17, 15) is 9.59 Å². The molecule has 3 rings (SSSR count). The minimum Gasteiger partial charge on any atom is -0.493 e. The molecule has 26 heavy (non-hydrogen) atoms.